The largest absolute Gasteiger partial charge is 0.396 e. The molecule has 2 N–H and O–H groups in total. The topological polar surface area (TPSA) is 90.2 Å². The molecule has 5 nitrogen and oxygen atoms in total. The van der Waals surface area contributed by atoms with Gasteiger partial charge < -0.3 is 5.11 Å². The average Bonchev–Trinajstić information content (AvgIpc) is 2.26. The van der Waals surface area contributed by atoms with Crippen molar-refractivity contribution in [3.8, 4) is 6.07 Å². The Morgan fingerprint density at radius 3 is 2.81 bits per heavy atom. The monoisotopic (exact) mass is 240 g/mol. The molecule has 0 aliphatic carbocycles. The molecule has 0 spiro atoms. The maximum Gasteiger partial charge on any atom is 0.232 e. The zero-order chi connectivity index (χ0) is 12.0. The summed E-state index contributed by atoms with van der Waals surface area (Å²) in [5.74, 6) is -0.139. The first-order chi connectivity index (χ1) is 7.57. The van der Waals surface area contributed by atoms with Crippen molar-refractivity contribution in [2.45, 2.75) is 6.42 Å². The van der Waals surface area contributed by atoms with Crippen molar-refractivity contribution >= 4 is 15.7 Å². The Labute approximate surface area is 94.4 Å². The van der Waals surface area contributed by atoms with Crippen LogP contribution >= 0.6 is 0 Å². The fourth-order valence-corrected chi connectivity index (χ4v) is 2.23. The molecule has 0 saturated heterocycles. The molecule has 0 atom stereocenters. The zero-order valence-corrected chi connectivity index (χ0v) is 9.37. The fourth-order valence-electron chi connectivity index (χ4n) is 1.14. The highest BCUT2D eigenvalue weighted by atomic mass is 32.2. The second kappa shape index (κ2) is 5.49. The smallest absolute Gasteiger partial charge is 0.232 e. The van der Waals surface area contributed by atoms with Gasteiger partial charge in [-0.25, -0.2) is 8.42 Å². The van der Waals surface area contributed by atoms with Crippen LogP contribution in [0.2, 0.25) is 0 Å². The number of hydrogen-bond acceptors (Lipinski definition) is 4. The van der Waals surface area contributed by atoms with Crippen LogP contribution in [0, 0.1) is 11.3 Å². The third kappa shape index (κ3) is 3.88. The fraction of sp³-hybridized carbons (Fsp3) is 0.300. The van der Waals surface area contributed by atoms with Crippen LogP contribution in [0.25, 0.3) is 0 Å². The summed E-state index contributed by atoms with van der Waals surface area (Å²) >= 11 is 0. The number of anilines is 1. The molecule has 0 aliphatic heterocycles. The van der Waals surface area contributed by atoms with Crippen molar-refractivity contribution in [2.75, 3.05) is 17.1 Å². The van der Waals surface area contributed by atoms with Crippen LogP contribution < -0.4 is 4.72 Å². The van der Waals surface area contributed by atoms with Gasteiger partial charge in [0, 0.05) is 12.3 Å². The van der Waals surface area contributed by atoms with E-state index in [1.54, 1.807) is 18.2 Å². The lowest BCUT2D eigenvalue weighted by Gasteiger charge is -2.07. The molecule has 0 bridgehead atoms. The number of aliphatic hydroxyl groups is 1. The van der Waals surface area contributed by atoms with Gasteiger partial charge in [0.1, 0.15) is 0 Å². The predicted octanol–water partition coefficient (Wildman–Crippen LogP) is 0.682. The summed E-state index contributed by atoms with van der Waals surface area (Å²) in [7, 11) is -3.44. The normalized spacial score (nSPS) is 10.8. The van der Waals surface area contributed by atoms with Gasteiger partial charge in [-0.1, -0.05) is 6.07 Å². The predicted molar refractivity (Wildman–Crippen MR) is 60.3 cm³/mol. The molecule has 0 heterocycles. The first-order valence-corrected chi connectivity index (χ1v) is 6.34. The molecule has 6 heteroatoms. The lowest BCUT2D eigenvalue weighted by Crippen LogP contribution is -2.17. The Bertz CT molecular complexity index is 491. The number of nitrogens with one attached hydrogen (secondary N) is 1. The third-order valence-electron chi connectivity index (χ3n) is 1.84. The van der Waals surface area contributed by atoms with Gasteiger partial charge in [0.25, 0.3) is 0 Å². The van der Waals surface area contributed by atoms with Gasteiger partial charge in [0.05, 0.1) is 17.4 Å². The van der Waals surface area contributed by atoms with E-state index in [0.29, 0.717) is 11.3 Å². The lowest BCUT2D eigenvalue weighted by molar-refractivity contribution is 0.295. The molecule has 0 amide bonds. The minimum Gasteiger partial charge on any atom is -0.396 e. The summed E-state index contributed by atoms with van der Waals surface area (Å²) in [6.45, 7) is -0.168. The number of benzene rings is 1. The highest BCUT2D eigenvalue weighted by Gasteiger charge is 2.09. The average molecular weight is 240 g/mol. The van der Waals surface area contributed by atoms with Crippen molar-refractivity contribution in [3.63, 3.8) is 0 Å². The molecule has 0 saturated carbocycles. The van der Waals surface area contributed by atoms with E-state index in [4.69, 9.17) is 10.4 Å². The first kappa shape index (κ1) is 12.5. The van der Waals surface area contributed by atoms with Crippen LogP contribution in [0.1, 0.15) is 12.0 Å². The van der Waals surface area contributed by atoms with Gasteiger partial charge >= 0.3 is 0 Å². The molecule has 0 aromatic heterocycles. The molecule has 86 valence electrons. The van der Waals surface area contributed by atoms with Crippen LogP contribution in [0.15, 0.2) is 24.3 Å². The SMILES string of the molecule is N#Cc1cccc(NS(=O)(=O)CCCO)c1. The van der Waals surface area contributed by atoms with Crippen LogP contribution in [0.3, 0.4) is 0 Å². The second-order valence-electron chi connectivity index (χ2n) is 3.19. The molecule has 1 aromatic rings. The van der Waals surface area contributed by atoms with Gasteiger partial charge in [-0.2, -0.15) is 5.26 Å². The van der Waals surface area contributed by atoms with Crippen molar-refractivity contribution in [1.29, 1.82) is 5.26 Å². The summed E-state index contributed by atoms with van der Waals surface area (Å²) in [6, 6.07) is 8.13. The van der Waals surface area contributed by atoms with E-state index in [2.05, 4.69) is 4.72 Å². The standard InChI is InChI=1S/C10H12N2O3S/c11-8-9-3-1-4-10(7-9)12-16(14,15)6-2-5-13/h1,3-4,7,12-13H,2,5-6H2. The van der Waals surface area contributed by atoms with Gasteiger partial charge in [-0.3, -0.25) is 4.72 Å². The maximum absolute atomic E-state index is 11.5. The number of nitriles is 1. The number of aliphatic hydroxyl groups excluding tert-OH is 1. The van der Waals surface area contributed by atoms with E-state index in [9.17, 15) is 8.42 Å². The van der Waals surface area contributed by atoms with E-state index in [1.807, 2.05) is 6.07 Å². The molecular formula is C10H12N2O3S. The Hall–Kier alpha value is -1.58. The van der Waals surface area contributed by atoms with Crippen LogP contribution in [0.5, 0.6) is 0 Å². The Balaban J connectivity index is 2.77. The van der Waals surface area contributed by atoms with Crippen LogP contribution in [-0.4, -0.2) is 25.9 Å². The third-order valence-corrected chi connectivity index (χ3v) is 3.21. The van der Waals surface area contributed by atoms with E-state index >= 15 is 0 Å². The maximum atomic E-state index is 11.5. The Kier molecular flexibility index (Phi) is 4.28. The number of sulfonamides is 1. The molecule has 0 radical (unpaired) electrons. The van der Waals surface area contributed by atoms with Crippen molar-refractivity contribution in [1.82, 2.24) is 0 Å². The number of rotatable bonds is 5. The van der Waals surface area contributed by atoms with Crippen molar-refractivity contribution < 1.29 is 13.5 Å². The quantitative estimate of drug-likeness (QED) is 0.792. The van der Waals surface area contributed by atoms with Crippen LogP contribution in [-0.2, 0) is 10.0 Å². The Morgan fingerprint density at radius 2 is 2.19 bits per heavy atom. The summed E-state index contributed by atoms with van der Waals surface area (Å²) in [6.07, 6.45) is 0.188. The molecule has 1 aromatic carbocycles. The van der Waals surface area contributed by atoms with E-state index in [0.717, 1.165) is 0 Å². The van der Waals surface area contributed by atoms with Gasteiger partial charge in [0.2, 0.25) is 10.0 Å². The van der Waals surface area contributed by atoms with Crippen LogP contribution in [0.4, 0.5) is 5.69 Å². The second-order valence-corrected chi connectivity index (χ2v) is 5.03. The van der Waals surface area contributed by atoms with Crippen molar-refractivity contribution in [2.24, 2.45) is 0 Å². The number of hydrogen-bond donors (Lipinski definition) is 2. The van der Waals surface area contributed by atoms with Gasteiger partial charge in [0.15, 0.2) is 0 Å². The summed E-state index contributed by atoms with van der Waals surface area (Å²) < 4.78 is 25.2. The molecule has 16 heavy (non-hydrogen) atoms. The number of nitrogens with zero attached hydrogens (tertiary/aromatic N) is 1. The van der Waals surface area contributed by atoms with Crippen molar-refractivity contribution in [3.05, 3.63) is 29.8 Å². The van der Waals surface area contributed by atoms with E-state index in [-0.39, 0.29) is 18.8 Å². The summed E-state index contributed by atoms with van der Waals surface area (Å²) in [4.78, 5) is 0. The summed E-state index contributed by atoms with van der Waals surface area (Å²) in [5.41, 5.74) is 0.749. The highest BCUT2D eigenvalue weighted by Crippen LogP contribution is 2.11. The lowest BCUT2D eigenvalue weighted by atomic mass is 10.2. The van der Waals surface area contributed by atoms with E-state index < -0.39 is 10.0 Å². The van der Waals surface area contributed by atoms with E-state index in [1.165, 1.54) is 6.07 Å². The molecule has 0 aliphatic rings. The van der Waals surface area contributed by atoms with Gasteiger partial charge in [-0.15, -0.1) is 0 Å². The minimum atomic E-state index is -3.44. The molecule has 0 unspecified atom stereocenters. The Morgan fingerprint density at radius 1 is 1.44 bits per heavy atom. The van der Waals surface area contributed by atoms with Gasteiger partial charge in [-0.05, 0) is 24.6 Å². The summed E-state index contributed by atoms with van der Waals surface area (Å²) in [5, 5.41) is 17.2. The highest BCUT2D eigenvalue weighted by molar-refractivity contribution is 7.92. The molecule has 1 rings (SSSR count). The molecule has 0 fully saturated rings. The zero-order valence-electron chi connectivity index (χ0n) is 8.55. The molecular weight excluding hydrogens is 228 g/mol. The minimum absolute atomic E-state index is 0.139. The first-order valence-electron chi connectivity index (χ1n) is 4.69.